The Balaban J connectivity index is 2.11. The lowest BCUT2D eigenvalue weighted by molar-refractivity contribution is -0.121. The van der Waals surface area contributed by atoms with Crippen LogP contribution in [0.15, 0.2) is 12.4 Å². The van der Waals surface area contributed by atoms with Crippen molar-refractivity contribution in [2.45, 2.75) is 39.2 Å². The van der Waals surface area contributed by atoms with E-state index in [1.165, 1.54) is 30.1 Å². The number of nitrogens with two attached hydrogens (primary N) is 1. The van der Waals surface area contributed by atoms with E-state index in [1.807, 2.05) is 0 Å². The quantitative estimate of drug-likeness (QED) is 0.683. The summed E-state index contributed by atoms with van der Waals surface area (Å²) in [5.74, 6) is -0.0143. The standard InChI is InChI=1S/C11H20N4O/c1-2-3-4-5-6-13-11(16)9-15-8-10(12)7-14-15/h7-8H,2-6,9,12H2,1H3,(H,13,16). The van der Waals surface area contributed by atoms with Crippen LogP contribution in [-0.2, 0) is 11.3 Å². The lowest BCUT2D eigenvalue weighted by atomic mass is 10.2. The van der Waals surface area contributed by atoms with Crippen molar-refractivity contribution in [2.75, 3.05) is 12.3 Å². The number of rotatable bonds is 7. The molecule has 0 saturated heterocycles. The minimum atomic E-state index is -0.0143. The highest BCUT2D eigenvalue weighted by atomic mass is 16.2. The summed E-state index contributed by atoms with van der Waals surface area (Å²) in [6.07, 6.45) is 7.84. The molecule has 0 aromatic carbocycles. The molecule has 16 heavy (non-hydrogen) atoms. The molecule has 1 amide bonds. The number of hydrogen-bond donors (Lipinski definition) is 2. The van der Waals surface area contributed by atoms with Crippen LogP contribution in [0.5, 0.6) is 0 Å². The lowest BCUT2D eigenvalue weighted by Gasteiger charge is -2.04. The number of nitrogens with one attached hydrogen (secondary N) is 1. The number of amides is 1. The van der Waals surface area contributed by atoms with Crippen molar-refractivity contribution >= 4 is 11.6 Å². The van der Waals surface area contributed by atoms with E-state index in [-0.39, 0.29) is 12.5 Å². The Morgan fingerprint density at radius 1 is 1.50 bits per heavy atom. The molecule has 0 aliphatic heterocycles. The fourth-order valence-electron chi connectivity index (χ4n) is 1.45. The number of aromatic nitrogens is 2. The summed E-state index contributed by atoms with van der Waals surface area (Å²) < 4.78 is 1.54. The summed E-state index contributed by atoms with van der Waals surface area (Å²) in [5.41, 5.74) is 6.07. The van der Waals surface area contributed by atoms with Gasteiger partial charge in [-0.05, 0) is 6.42 Å². The van der Waals surface area contributed by atoms with Gasteiger partial charge in [-0.3, -0.25) is 9.48 Å². The average molecular weight is 224 g/mol. The molecule has 0 atom stereocenters. The van der Waals surface area contributed by atoms with Crippen molar-refractivity contribution in [1.82, 2.24) is 15.1 Å². The smallest absolute Gasteiger partial charge is 0.241 e. The van der Waals surface area contributed by atoms with Crippen LogP contribution < -0.4 is 11.1 Å². The Hall–Kier alpha value is -1.52. The second kappa shape index (κ2) is 6.87. The molecule has 1 aromatic heterocycles. The Labute approximate surface area is 96.0 Å². The zero-order chi connectivity index (χ0) is 11.8. The Bertz CT molecular complexity index is 322. The minimum absolute atomic E-state index is 0.0143. The van der Waals surface area contributed by atoms with Crippen LogP contribution in [0.25, 0.3) is 0 Å². The Kier molecular flexibility index (Phi) is 5.39. The maximum atomic E-state index is 11.4. The molecule has 90 valence electrons. The van der Waals surface area contributed by atoms with E-state index in [0.29, 0.717) is 5.69 Å². The van der Waals surface area contributed by atoms with Crippen molar-refractivity contribution in [2.24, 2.45) is 0 Å². The Morgan fingerprint density at radius 2 is 2.31 bits per heavy atom. The van der Waals surface area contributed by atoms with E-state index in [2.05, 4.69) is 17.3 Å². The van der Waals surface area contributed by atoms with Gasteiger partial charge in [-0.25, -0.2) is 0 Å². The zero-order valence-corrected chi connectivity index (χ0v) is 9.78. The first kappa shape index (κ1) is 12.5. The highest BCUT2D eigenvalue weighted by Crippen LogP contribution is 1.98. The number of anilines is 1. The van der Waals surface area contributed by atoms with Gasteiger partial charge in [-0.2, -0.15) is 5.10 Å². The molecule has 1 aromatic rings. The van der Waals surface area contributed by atoms with Crippen molar-refractivity contribution in [3.63, 3.8) is 0 Å². The topological polar surface area (TPSA) is 72.9 Å². The predicted octanol–water partition coefficient (Wildman–Crippen LogP) is 1.16. The minimum Gasteiger partial charge on any atom is -0.396 e. The second-order valence-corrected chi connectivity index (χ2v) is 3.88. The number of nitrogens with zero attached hydrogens (tertiary/aromatic N) is 2. The van der Waals surface area contributed by atoms with Gasteiger partial charge >= 0.3 is 0 Å². The molecule has 1 rings (SSSR count). The van der Waals surface area contributed by atoms with Crippen LogP contribution in [0.4, 0.5) is 5.69 Å². The summed E-state index contributed by atoms with van der Waals surface area (Å²) in [7, 11) is 0. The van der Waals surface area contributed by atoms with Crippen molar-refractivity contribution in [1.29, 1.82) is 0 Å². The molecule has 0 aliphatic rings. The van der Waals surface area contributed by atoms with E-state index in [1.54, 1.807) is 6.20 Å². The first-order valence-electron chi connectivity index (χ1n) is 5.77. The van der Waals surface area contributed by atoms with Gasteiger partial charge in [0.15, 0.2) is 0 Å². The highest BCUT2D eigenvalue weighted by Gasteiger charge is 2.02. The lowest BCUT2D eigenvalue weighted by Crippen LogP contribution is -2.28. The first-order chi connectivity index (χ1) is 7.72. The van der Waals surface area contributed by atoms with E-state index in [9.17, 15) is 4.79 Å². The van der Waals surface area contributed by atoms with Crippen molar-refractivity contribution in [3.05, 3.63) is 12.4 Å². The summed E-state index contributed by atoms with van der Waals surface area (Å²) in [5, 5.41) is 6.80. The molecular formula is C11H20N4O. The zero-order valence-electron chi connectivity index (χ0n) is 9.78. The van der Waals surface area contributed by atoms with Crippen LogP contribution in [0, 0.1) is 0 Å². The van der Waals surface area contributed by atoms with Gasteiger partial charge in [0.25, 0.3) is 0 Å². The largest absolute Gasteiger partial charge is 0.396 e. The molecule has 0 saturated carbocycles. The first-order valence-corrected chi connectivity index (χ1v) is 5.77. The maximum absolute atomic E-state index is 11.4. The average Bonchev–Trinajstić information content (AvgIpc) is 2.63. The highest BCUT2D eigenvalue weighted by molar-refractivity contribution is 5.75. The molecule has 0 radical (unpaired) electrons. The van der Waals surface area contributed by atoms with Gasteiger partial charge in [-0.15, -0.1) is 0 Å². The van der Waals surface area contributed by atoms with Crippen molar-refractivity contribution < 1.29 is 4.79 Å². The molecule has 0 spiro atoms. The SMILES string of the molecule is CCCCCCNC(=O)Cn1cc(N)cn1. The van der Waals surface area contributed by atoms with Gasteiger partial charge in [0, 0.05) is 12.7 Å². The summed E-state index contributed by atoms with van der Waals surface area (Å²) in [4.78, 5) is 11.4. The van der Waals surface area contributed by atoms with Gasteiger partial charge in [0.05, 0.1) is 11.9 Å². The summed E-state index contributed by atoms with van der Waals surface area (Å²) >= 11 is 0. The number of nitrogen functional groups attached to an aromatic ring is 1. The number of unbranched alkanes of at least 4 members (excludes halogenated alkanes) is 3. The number of hydrogen-bond acceptors (Lipinski definition) is 3. The third kappa shape index (κ3) is 4.82. The van der Waals surface area contributed by atoms with Crippen LogP contribution in [0.2, 0.25) is 0 Å². The van der Waals surface area contributed by atoms with Gasteiger partial charge < -0.3 is 11.1 Å². The molecule has 0 bridgehead atoms. The summed E-state index contributed by atoms with van der Waals surface area (Å²) in [6.45, 7) is 3.15. The van der Waals surface area contributed by atoms with Crippen molar-refractivity contribution in [3.8, 4) is 0 Å². The number of carbonyl (C=O) groups excluding carboxylic acids is 1. The molecule has 1 heterocycles. The summed E-state index contributed by atoms with van der Waals surface area (Å²) in [6, 6.07) is 0. The van der Waals surface area contributed by atoms with Crippen LogP contribution in [0.3, 0.4) is 0 Å². The third-order valence-electron chi connectivity index (χ3n) is 2.31. The molecule has 5 nitrogen and oxygen atoms in total. The second-order valence-electron chi connectivity index (χ2n) is 3.88. The molecule has 0 unspecified atom stereocenters. The van der Waals surface area contributed by atoms with Crippen LogP contribution >= 0.6 is 0 Å². The molecule has 3 N–H and O–H groups in total. The van der Waals surface area contributed by atoms with E-state index >= 15 is 0 Å². The van der Waals surface area contributed by atoms with Crippen LogP contribution in [-0.4, -0.2) is 22.2 Å². The Morgan fingerprint density at radius 3 is 2.94 bits per heavy atom. The molecular weight excluding hydrogens is 204 g/mol. The van der Waals surface area contributed by atoms with Gasteiger partial charge in [-0.1, -0.05) is 26.2 Å². The van der Waals surface area contributed by atoms with E-state index in [0.717, 1.165) is 13.0 Å². The number of carbonyl (C=O) groups is 1. The van der Waals surface area contributed by atoms with E-state index < -0.39 is 0 Å². The molecule has 0 fully saturated rings. The third-order valence-corrected chi connectivity index (χ3v) is 2.31. The normalized spacial score (nSPS) is 10.3. The maximum Gasteiger partial charge on any atom is 0.241 e. The molecule has 5 heteroatoms. The van der Waals surface area contributed by atoms with E-state index in [4.69, 9.17) is 5.73 Å². The molecule has 0 aliphatic carbocycles. The fraction of sp³-hybridized carbons (Fsp3) is 0.636. The monoisotopic (exact) mass is 224 g/mol. The predicted molar refractivity (Wildman–Crippen MR) is 63.8 cm³/mol. The van der Waals surface area contributed by atoms with Crippen LogP contribution in [0.1, 0.15) is 32.6 Å². The van der Waals surface area contributed by atoms with Gasteiger partial charge in [0.1, 0.15) is 6.54 Å². The fourth-order valence-corrected chi connectivity index (χ4v) is 1.45. The van der Waals surface area contributed by atoms with Gasteiger partial charge in [0.2, 0.25) is 5.91 Å².